The minimum absolute atomic E-state index is 0.0661. The molecule has 42 heavy (non-hydrogen) atoms. The second kappa shape index (κ2) is 13.0. The number of rotatable bonds is 10. The van der Waals surface area contributed by atoms with Gasteiger partial charge in [0.1, 0.15) is 18.0 Å². The number of carbonyl (C=O) groups is 3. The summed E-state index contributed by atoms with van der Waals surface area (Å²) in [6.45, 7) is -1.59. The average Bonchev–Trinajstić information content (AvgIpc) is 2.92. The van der Waals surface area contributed by atoms with Gasteiger partial charge in [0, 0.05) is 6.42 Å². The molecule has 1 N–H and O–H groups in total. The molecule has 0 aliphatic heterocycles. The number of amides is 2. The Morgan fingerprint density at radius 2 is 1.52 bits per heavy atom. The van der Waals surface area contributed by atoms with Crippen molar-refractivity contribution in [3.63, 3.8) is 0 Å². The van der Waals surface area contributed by atoms with Crippen molar-refractivity contribution in [3.8, 4) is 11.3 Å². The van der Waals surface area contributed by atoms with Gasteiger partial charge >= 0.3 is 18.3 Å². The molecule has 2 aromatic carbocycles. The lowest BCUT2D eigenvalue weighted by molar-refractivity contribution is -0.173. The van der Waals surface area contributed by atoms with E-state index in [0.29, 0.717) is 5.56 Å². The normalized spacial score (nSPS) is 12.5. The zero-order chi connectivity index (χ0) is 31.2. The fourth-order valence-electron chi connectivity index (χ4n) is 3.91. The maximum absolute atomic E-state index is 13.6. The van der Waals surface area contributed by atoms with Gasteiger partial charge in [-0.3, -0.25) is 28.6 Å². The van der Waals surface area contributed by atoms with Gasteiger partial charge in [0.05, 0.1) is 24.7 Å². The van der Waals surface area contributed by atoms with Gasteiger partial charge in [0.15, 0.2) is 5.78 Å². The van der Waals surface area contributed by atoms with Crippen LogP contribution in [0.25, 0.3) is 11.3 Å². The number of anilines is 1. The van der Waals surface area contributed by atoms with Gasteiger partial charge in [-0.1, -0.05) is 49.4 Å². The number of hydrogen-bond donors (Lipinski definition) is 1. The largest absolute Gasteiger partial charge is 0.471 e. The van der Waals surface area contributed by atoms with E-state index in [1.54, 1.807) is 30.3 Å². The maximum atomic E-state index is 13.6. The summed E-state index contributed by atoms with van der Waals surface area (Å²) in [5, 5.41) is 2.12. The minimum Gasteiger partial charge on any atom is -0.347 e. The summed E-state index contributed by atoms with van der Waals surface area (Å²) in [6.07, 6.45) is -10.9. The predicted molar refractivity (Wildman–Crippen MR) is 138 cm³/mol. The summed E-state index contributed by atoms with van der Waals surface area (Å²) in [6, 6.07) is 14.3. The van der Waals surface area contributed by atoms with Crippen LogP contribution in [0.3, 0.4) is 0 Å². The highest BCUT2D eigenvalue weighted by Gasteiger charge is 2.44. The monoisotopic (exact) mass is 599 g/mol. The fourth-order valence-corrected chi connectivity index (χ4v) is 3.91. The van der Waals surface area contributed by atoms with E-state index in [2.05, 4.69) is 5.32 Å². The van der Waals surface area contributed by atoms with Crippen molar-refractivity contribution < 1.29 is 45.1 Å². The van der Waals surface area contributed by atoms with Crippen LogP contribution in [-0.2, 0) is 27.5 Å². The fraction of sp³-hybridized carbons (Fsp3) is 0.286. The summed E-state index contributed by atoms with van der Waals surface area (Å²) in [4.78, 5) is 50.8. The number of pyridine rings is 1. The molecule has 2 amide bonds. The van der Waals surface area contributed by atoms with E-state index in [4.69, 9.17) is 0 Å². The van der Waals surface area contributed by atoms with Crippen LogP contribution in [0.1, 0.15) is 18.9 Å². The van der Waals surface area contributed by atoms with E-state index in [-0.39, 0.29) is 16.2 Å². The standard InChI is InChI=1S/C28H24F7N3O4/c1-17(27(30,31)32)13-21(39)14-36-24(40)16-37-22(19-5-3-2-4-6-19)11-12-23(25(37)41)38(26(42)28(33,34)35)15-18-7-9-20(29)10-8-18/h2-12,17H,13-16H2,1H3,(H,36,40). The quantitative estimate of drug-likeness (QED) is 0.332. The number of Topliss-reactive ketones (excluding diaryl/α,β-unsaturated/α-hetero) is 1. The van der Waals surface area contributed by atoms with E-state index in [1.807, 2.05) is 0 Å². The van der Waals surface area contributed by atoms with Gasteiger partial charge in [-0.25, -0.2) is 4.39 Å². The van der Waals surface area contributed by atoms with Crippen molar-refractivity contribution in [1.82, 2.24) is 9.88 Å². The van der Waals surface area contributed by atoms with Crippen molar-refractivity contribution in [2.24, 2.45) is 5.92 Å². The van der Waals surface area contributed by atoms with Crippen molar-refractivity contribution in [2.75, 3.05) is 11.4 Å². The molecule has 14 heteroatoms. The first kappa shape index (κ1) is 32.0. The van der Waals surface area contributed by atoms with Crippen LogP contribution in [-0.4, -0.2) is 41.1 Å². The van der Waals surface area contributed by atoms with Crippen LogP contribution in [0.2, 0.25) is 0 Å². The number of aromatic nitrogens is 1. The number of halogens is 7. The third-order valence-corrected chi connectivity index (χ3v) is 6.13. The van der Waals surface area contributed by atoms with E-state index in [0.717, 1.165) is 41.8 Å². The molecular formula is C28H24F7N3O4. The molecule has 3 aromatic rings. The first-order chi connectivity index (χ1) is 19.6. The van der Waals surface area contributed by atoms with Crippen LogP contribution in [0.4, 0.5) is 36.4 Å². The highest BCUT2D eigenvalue weighted by Crippen LogP contribution is 2.28. The number of hydrogen-bond acceptors (Lipinski definition) is 4. The van der Waals surface area contributed by atoms with E-state index in [9.17, 15) is 49.9 Å². The lowest BCUT2D eigenvalue weighted by atomic mass is 10.0. The van der Waals surface area contributed by atoms with Gasteiger partial charge in [0.25, 0.3) is 5.56 Å². The SMILES string of the molecule is CC(CC(=O)CNC(=O)Cn1c(-c2ccccc2)ccc(N(Cc2ccc(F)cc2)C(=O)C(F)(F)F)c1=O)C(F)(F)F. The van der Waals surface area contributed by atoms with Crippen molar-refractivity contribution in [3.05, 3.63) is 88.5 Å². The molecule has 0 spiro atoms. The Morgan fingerprint density at radius 1 is 0.905 bits per heavy atom. The zero-order valence-corrected chi connectivity index (χ0v) is 21.9. The summed E-state index contributed by atoms with van der Waals surface area (Å²) in [7, 11) is 0. The Morgan fingerprint density at radius 3 is 2.10 bits per heavy atom. The molecule has 0 saturated heterocycles. The van der Waals surface area contributed by atoms with Crippen LogP contribution in [0.15, 0.2) is 71.5 Å². The van der Waals surface area contributed by atoms with Crippen molar-refractivity contribution in [2.45, 2.75) is 38.8 Å². The van der Waals surface area contributed by atoms with E-state index in [1.165, 1.54) is 6.07 Å². The van der Waals surface area contributed by atoms with Gasteiger partial charge in [0.2, 0.25) is 5.91 Å². The summed E-state index contributed by atoms with van der Waals surface area (Å²) < 4.78 is 93.0. The molecule has 7 nitrogen and oxygen atoms in total. The van der Waals surface area contributed by atoms with E-state index < -0.39 is 79.0 Å². The van der Waals surface area contributed by atoms with E-state index >= 15 is 0 Å². The lowest BCUT2D eigenvalue weighted by Gasteiger charge is -2.25. The van der Waals surface area contributed by atoms with Gasteiger partial charge in [-0.15, -0.1) is 0 Å². The van der Waals surface area contributed by atoms with Gasteiger partial charge in [-0.2, -0.15) is 26.3 Å². The Labute approximate surface area is 234 Å². The number of alkyl halides is 6. The Kier molecular flexibility index (Phi) is 9.91. The molecular weight excluding hydrogens is 575 g/mol. The molecule has 0 fully saturated rings. The van der Waals surface area contributed by atoms with Crippen molar-refractivity contribution >= 4 is 23.3 Å². The van der Waals surface area contributed by atoms with Crippen LogP contribution >= 0.6 is 0 Å². The smallest absolute Gasteiger partial charge is 0.347 e. The number of nitrogens with one attached hydrogen (secondary N) is 1. The maximum Gasteiger partial charge on any atom is 0.471 e. The summed E-state index contributed by atoms with van der Waals surface area (Å²) >= 11 is 0. The van der Waals surface area contributed by atoms with Crippen LogP contribution < -0.4 is 15.8 Å². The molecule has 1 aromatic heterocycles. The molecule has 0 aliphatic rings. The Balaban J connectivity index is 1.99. The summed E-state index contributed by atoms with van der Waals surface area (Å²) in [5.41, 5.74) is -1.42. The van der Waals surface area contributed by atoms with Gasteiger partial charge < -0.3 is 5.32 Å². The Hall–Kier alpha value is -4.49. The molecule has 3 rings (SSSR count). The first-order valence-corrected chi connectivity index (χ1v) is 12.4. The number of carbonyl (C=O) groups excluding carboxylic acids is 3. The second-order valence-electron chi connectivity index (χ2n) is 9.34. The highest BCUT2D eigenvalue weighted by molar-refractivity contribution is 5.97. The second-order valence-corrected chi connectivity index (χ2v) is 9.34. The lowest BCUT2D eigenvalue weighted by Crippen LogP contribution is -2.44. The van der Waals surface area contributed by atoms with Crippen LogP contribution in [0, 0.1) is 11.7 Å². The molecule has 0 radical (unpaired) electrons. The van der Waals surface area contributed by atoms with Gasteiger partial charge in [-0.05, 0) is 35.4 Å². The number of benzene rings is 2. The van der Waals surface area contributed by atoms with Crippen LogP contribution in [0.5, 0.6) is 0 Å². The molecule has 224 valence electrons. The molecule has 1 atom stereocenters. The summed E-state index contributed by atoms with van der Waals surface area (Å²) in [5.74, 6) is -6.95. The number of nitrogens with zero attached hydrogens (tertiary/aromatic N) is 2. The highest BCUT2D eigenvalue weighted by atomic mass is 19.4. The third-order valence-electron chi connectivity index (χ3n) is 6.13. The average molecular weight is 600 g/mol. The molecule has 0 bridgehead atoms. The topological polar surface area (TPSA) is 88.5 Å². The molecule has 1 heterocycles. The molecule has 1 unspecified atom stereocenters. The molecule has 0 saturated carbocycles. The first-order valence-electron chi connectivity index (χ1n) is 12.4. The Bertz CT molecular complexity index is 1480. The number of ketones is 1. The third kappa shape index (κ3) is 8.27. The minimum atomic E-state index is -5.40. The zero-order valence-electron chi connectivity index (χ0n) is 21.9. The molecule has 0 aliphatic carbocycles. The predicted octanol–water partition coefficient (Wildman–Crippen LogP) is 5.02. The van der Waals surface area contributed by atoms with Crippen molar-refractivity contribution in [1.29, 1.82) is 0 Å².